The van der Waals surface area contributed by atoms with Gasteiger partial charge in [-0.1, -0.05) is 30.9 Å². The van der Waals surface area contributed by atoms with E-state index in [2.05, 4.69) is 15.7 Å². The molecule has 170 valence electrons. The van der Waals surface area contributed by atoms with Crippen molar-refractivity contribution >= 4 is 34.8 Å². The molecule has 1 saturated carbocycles. The van der Waals surface area contributed by atoms with Gasteiger partial charge in [-0.25, -0.2) is 4.68 Å². The first kappa shape index (κ1) is 22.5. The number of halogens is 1. The predicted octanol–water partition coefficient (Wildman–Crippen LogP) is 4.75. The second kappa shape index (κ2) is 9.83. The molecule has 2 amide bonds. The topological polar surface area (TPSA) is 119 Å². The third-order valence-electron chi connectivity index (χ3n) is 5.56. The Bertz CT molecular complexity index is 1190. The lowest BCUT2D eigenvalue weighted by Gasteiger charge is -2.23. The number of nitrogens with one attached hydrogen (secondary N) is 2. The van der Waals surface area contributed by atoms with Crippen LogP contribution in [0, 0.1) is 10.1 Å². The fourth-order valence-corrected chi connectivity index (χ4v) is 4.00. The summed E-state index contributed by atoms with van der Waals surface area (Å²) in [6.45, 7) is 0. The maximum Gasteiger partial charge on any atom is 0.276 e. The minimum absolute atomic E-state index is 0.0325. The molecule has 0 bridgehead atoms. The Morgan fingerprint density at radius 1 is 1.03 bits per heavy atom. The molecule has 1 heterocycles. The quantitative estimate of drug-likeness (QED) is 0.400. The van der Waals surface area contributed by atoms with Crippen LogP contribution in [0.2, 0.25) is 5.02 Å². The Morgan fingerprint density at radius 2 is 1.76 bits per heavy atom. The summed E-state index contributed by atoms with van der Waals surface area (Å²) in [7, 11) is 0. The number of nitro benzene ring substituents is 1. The molecule has 1 aliphatic carbocycles. The Hall–Kier alpha value is -3.72. The van der Waals surface area contributed by atoms with E-state index in [1.165, 1.54) is 29.3 Å². The van der Waals surface area contributed by atoms with Gasteiger partial charge >= 0.3 is 0 Å². The van der Waals surface area contributed by atoms with Crippen molar-refractivity contribution in [1.29, 1.82) is 0 Å². The number of amides is 2. The van der Waals surface area contributed by atoms with Crippen molar-refractivity contribution in [2.45, 2.75) is 38.1 Å². The first-order valence-electron chi connectivity index (χ1n) is 10.6. The van der Waals surface area contributed by atoms with Crippen molar-refractivity contribution in [2.75, 3.05) is 5.32 Å². The van der Waals surface area contributed by atoms with E-state index in [0.29, 0.717) is 22.0 Å². The molecule has 0 unspecified atom stereocenters. The minimum atomic E-state index is -0.485. The van der Waals surface area contributed by atoms with Gasteiger partial charge in [0.05, 0.1) is 21.2 Å². The SMILES string of the molecule is O=C(Nc1ccc(Cl)c(C(=O)NC2CCCCC2)c1)c1ccn(-c2ccc([N+](=O)[O-])cc2)n1. The van der Waals surface area contributed by atoms with Crippen molar-refractivity contribution in [2.24, 2.45) is 0 Å². The largest absolute Gasteiger partial charge is 0.349 e. The highest BCUT2D eigenvalue weighted by atomic mass is 35.5. The van der Waals surface area contributed by atoms with E-state index in [9.17, 15) is 19.7 Å². The van der Waals surface area contributed by atoms with Crippen LogP contribution in [0.3, 0.4) is 0 Å². The smallest absolute Gasteiger partial charge is 0.276 e. The highest BCUT2D eigenvalue weighted by Crippen LogP contribution is 2.23. The van der Waals surface area contributed by atoms with Crippen LogP contribution in [0.15, 0.2) is 54.7 Å². The molecular formula is C23H22ClN5O4. The lowest BCUT2D eigenvalue weighted by atomic mass is 9.95. The summed E-state index contributed by atoms with van der Waals surface area (Å²) in [6, 6.07) is 12.2. The average molecular weight is 468 g/mol. The molecule has 0 aliphatic heterocycles. The Kier molecular flexibility index (Phi) is 6.69. The molecule has 3 aromatic rings. The van der Waals surface area contributed by atoms with Crippen LogP contribution in [-0.2, 0) is 0 Å². The van der Waals surface area contributed by atoms with E-state index < -0.39 is 10.8 Å². The highest BCUT2D eigenvalue weighted by Gasteiger charge is 2.19. The monoisotopic (exact) mass is 467 g/mol. The number of nitro groups is 1. The van der Waals surface area contributed by atoms with Gasteiger partial charge < -0.3 is 10.6 Å². The highest BCUT2D eigenvalue weighted by molar-refractivity contribution is 6.34. The predicted molar refractivity (Wildman–Crippen MR) is 124 cm³/mol. The molecule has 33 heavy (non-hydrogen) atoms. The van der Waals surface area contributed by atoms with Crippen LogP contribution in [0.1, 0.15) is 53.0 Å². The molecule has 9 nitrogen and oxygen atoms in total. The number of rotatable bonds is 6. The summed E-state index contributed by atoms with van der Waals surface area (Å²) in [5, 5.41) is 21.1. The molecule has 1 aliphatic rings. The summed E-state index contributed by atoms with van der Waals surface area (Å²) in [4.78, 5) is 35.7. The Balaban J connectivity index is 1.44. The minimum Gasteiger partial charge on any atom is -0.349 e. The van der Waals surface area contributed by atoms with Gasteiger partial charge in [0.15, 0.2) is 5.69 Å². The summed E-state index contributed by atoms with van der Waals surface area (Å²) in [5.74, 6) is -0.720. The second-order valence-corrected chi connectivity index (χ2v) is 8.28. The lowest BCUT2D eigenvalue weighted by molar-refractivity contribution is -0.384. The van der Waals surface area contributed by atoms with Crippen LogP contribution in [0.25, 0.3) is 5.69 Å². The number of carbonyl (C=O) groups is 2. The molecule has 10 heteroatoms. The second-order valence-electron chi connectivity index (χ2n) is 7.88. The zero-order valence-electron chi connectivity index (χ0n) is 17.7. The van der Waals surface area contributed by atoms with Gasteiger partial charge in [-0.3, -0.25) is 19.7 Å². The number of anilines is 1. The number of aromatic nitrogens is 2. The van der Waals surface area contributed by atoms with Gasteiger partial charge in [-0.2, -0.15) is 5.10 Å². The number of non-ortho nitro benzene ring substituents is 1. The summed E-state index contributed by atoms with van der Waals surface area (Å²) < 4.78 is 1.45. The van der Waals surface area contributed by atoms with Crippen molar-refractivity contribution in [3.63, 3.8) is 0 Å². The van der Waals surface area contributed by atoms with E-state index in [1.54, 1.807) is 36.5 Å². The molecule has 1 aromatic heterocycles. The first-order chi connectivity index (χ1) is 15.9. The van der Waals surface area contributed by atoms with Crippen LogP contribution in [0.4, 0.5) is 11.4 Å². The fourth-order valence-electron chi connectivity index (χ4n) is 3.80. The molecule has 0 saturated heterocycles. The van der Waals surface area contributed by atoms with E-state index in [-0.39, 0.29) is 23.3 Å². The first-order valence-corrected chi connectivity index (χ1v) is 11.0. The van der Waals surface area contributed by atoms with Crippen LogP contribution < -0.4 is 10.6 Å². The van der Waals surface area contributed by atoms with Crippen LogP contribution in [0.5, 0.6) is 0 Å². The summed E-state index contributed by atoms with van der Waals surface area (Å²) in [5.41, 5.74) is 1.42. The maximum atomic E-state index is 12.7. The van der Waals surface area contributed by atoms with E-state index >= 15 is 0 Å². The van der Waals surface area contributed by atoms with Gasteiger partial charge in [0.2, 0.25) is 0 Å². The van der Waals surface area contributed by atoms with Gasteiger partial charge in [-0.05, 0) is 49.2 Å². The van der Waals surface area contributed by atoms with E-state index in [0.717, 1.165) is 25.7 Å². The Labute approximate surface area is 194 Å². The van der Waals surface area contributed by atoms with Crippen molar-refractivity contribution in [3.05, 3.63) is 81.1 Å². The molecule has 0 atom stereocenters. The number of hydrogen-bond donors (Lipinski definition) is 2. The number of nitrogens with zero attached hydrogens (tertiary/aromatic N) is 3. The molecule has 0 radical (unpaired) electrons. The summed E-state index contributed by atoms with van der Waals surface area (Å²) in [6.07, 6.45) is 6.88. The summed E-state index contributed by atoms with van der Waals surface area (Å²) >= 11 is 6.23. The zero-order valence-corrected chi connectivity index (χ0v) is 18.4. The molecule has 0 spiro atoms. The van der Waals surface area contributed by atoms with Gasteiger partial charge in [-0.15, -0.1) is 0 Å². The standard InChI is InChI=1S/C23H22ClN5O4/c24-20-11-6-16(14-19(20)22(30)25-15-4-2-1-3-5-15)26-23(31)21-12-13-28(27-21)17-7-9-18(10-8-17)29(32)33/h6-15H,1-5H2,(H,25,30)(H,26,31). The van der Waals surface area contributed by atoms with Crippen LogP contribution >= 0.6 is 11.6 Å². The number of carbonyl (C=O) groups excluding carboxylic acids is 2. The third kappa shape index (κ3) is 5.38. The molecule has 2 aromatic carbocycles. The number of benzene rings is 2. The van der Waals surface area contributed by atoms with Gasteiger partial charge in [0.25, 0.3) is 17.5 Å². The molecule has 4 rings (SSSR count). The van der Waals surface area contributed by atoms with Crippen molar-refractivity contribution in [1.82, 2.24) is 15.1 Å². The van der Waals surface area contributed by atoms with E-state index in [4.69, 9.17) is 11.6 Å². The lowest BCUT2D eigenvalue weighted by Crippen LogP contribution is -2.36. The number of hydrogen-bond acceptors (Lipinski definition) is 5. The van der Waals surface area contributed by atoms with Crippen molar-refractivity contribution < 1.29 is 14.5 Å². The third-order valence-corrected chi connectivity index (χ3v) is 5.89. The Morgan fingerprint density at radius 3 is 2.45 bits per heavy atom. The molecular weight excluding hydrogens is 446 g/mol. The van der Waals surface area contributed by atoms with E-state index in [1.807, 2.05) is 0 Å². The maximum absolute atomic E-state index is 12.7. The normalized spacial score (nSPS) is 14.0. The molecule has 2 N–H and O–H groups in total. The van der Waals surface area contributed by atoms with Crippen LogP contribution in [-0.4, -0.2) is 32.6 Å². The fraction of sp³-hybridized carbons (Fsp3) is 0.261. The van der Waals surface area contributed by atoms with Crippen molar-refractivity contribution in [3.8, 4) is 5.69 Å². The zero-order chi connectivity index (χ0) is 23.4. The molecule has 1 fully saturated rings. The van der Waals surface area contributed by atoms with Gasteiger partial charge in [0.1, 0.15) is 0 Å². The average Bonchev–Trinajstić information content (AvgIpc) is 3.31. The van der Waals surface area contributed by atoms with Gasteiger partial charge in [0, 0.05) is 30.1 Å².